The molecule has 1 amide bonds. The SMILES string of the molecule is CC(=O)c1nn(CC(=O)C[C@@H](Cc2cc(F)cc(F)c2)c2ncccc2-c2ccc(F)c(C(N)=O)c2)c2c1C1CCC2C1.CC(C)(C)OC(=O)CBr.CCOC(=O)C(C)=O.CCOC(=O)C1C(=O)C2CCC1C2.CCOC(=O)c1n[nH]c2c1C1CCC2C1.CCOC(=O)c1nn(CC(=O)O)c2c1C1CCC2C1.CCOC(=O)c1nn(CC(=O)OC(C)(C)C)c2c1C1CCC2C1.NN.O.O=C1CC2CCC1C2. The lowest BCUT2D eigenvalue weighted by molar-refractivity contribution is -0.156. The molecular weight excluding hydrogens is 1900 g/mol. The number of amides is 1. The fraction of sp³-hybridized carbons (Fsp3) is 0.578. The van der Waals surface area contributed by atoms with Crippen LogP contribution in [-0.4, -0.2) is 187 Å². The predicted octanol–water partition coefficient (Wildman–Crippen LogP) is 14.6. The van der Waals surface area contributed by atoms with Crippen LogP contribution in [0.4, 0.5) is 13.2 Å². The number of carboxylic acid groups (broad SMARTS) is 1. The van der Waals surface area contributed by atoms with Gasteiger partial charge in [-0.3, -0.25) is 83.8 Å². The third kappa shape index (κ3) is 27.1. The van der Waals surface area contributed by atoms with Gasteiger partial charge < -0.3 is 49.5 Å². The molecule has 0 aliphatic heterocycles. The van der Waals surface area contributed by atoms with Crippen LogP contribution in [0.2, 0.25) is 0 Å². The lowest BCUT2D eigenvalue weighted by Gasteiger charge is -2.20. The molecule has 35 nitrogen and oxygen atoms in total. The molecule has 12 aliphatic rings. The van der Waals surface area contributed by atoms with Crippen LogP contribution >= 0.6 is 15.9 Å². The van der Waals surface area contributed by atoms with Crippen LogP contribution < -0.4 is 17.4 Å². The Morgan fingerprint density at radius 2 is 1.01 bits per heavy atom. The second kappa shape index (κ2) is 49.2. The normalized spacial score (nSPS) is 22.0. The van der Waals surface area contributed by atoms with Crippen molar-refractivity contribution in [1.82, 2.24) is 44.5 Å². The van der Waals surface area contributed by atoms with Crippen LogP contribution in [0.3, 0.4) is 0 Å². The van der Waals surface area contributed by atoms with Crippen molar-refractivity contribution in [3.8, 4) is 11.1 Å². The number of nitrogens with two attached hydrogens (primary N) is 3. The van der Waals surface area contributed by atoms with E-state index in [0.717, 1.165) is 141 Å². The van der Waals surface area contributed by atoms with Crippen molar-refractivity contribution in [2.24, 2.45) is 47.0 Å². The van der Waals surface area contributed by atoms with Crippen molar-refractivity contribution >= 4 is 98.5 Å². The van der Waals surface area contributed by atoms with Gasteiger partial charge in [-0.05, 0) is 275 Å². The smallest absolute Gasteiger partial charge is 0.374 e. The average molecular weight is 2030 g/mol. The number of carbonyl (C=O) groups is 14. The first-order valence-electron chi connectivity index (χ1n) is 48.4. The number of hydrazine groups is 1. The summed E-state index contributed by atoms with van der Waals surface area (Å²) in [5.41, 5.74) is 15.8. The van der Waals surface area contributed by atoms with Gasteiger partial charge in [0.2, 0.25) is 5.78 Å². The highest BCUT2D eigenvalue weighted by Gasteiger charge is 2.52. The Balaban J connectivity index is 0.000000178. The van der Waals surface area contributed by atoms with E-state index in [0.29, 0.717) is 119 Å². The first-order valence-corrected chi connectivity index (χ1v) is 49.6. The van der Waals surface area contributed by atoms with Crippen LogP contribution in [0, 0.1) is 47.0 Å². The molecule has 10 N–H and O–H groups in total. The number of hydrogen-bond donors (Lipinski definition) is 5. The summed E-state index contributed by atoms with van der Waals surface area (Å²) < 4.78 is 82.0. The Morgan fingerprint density at radius 3 is 1.46 bits per heavy atom. The number of esters is 7. The lowest BCUT2D eigenvalue weighted by atomic mass is 9.86. The Bertz CT molecular complexity index is 5750. The Kier molecular flexibility index (Phi) is 38.8. The fourth-order valence-corrected chi connectivity index (χ4v) is 22.3. The first-order chi connectivity index (χ1) is 66.5. The van der Waals surface area contributed by atoms with E-state index in [4.69, 9.17) is 39.3 Å². The van der Waals surface area contributed by atoms with Crippen molar-refractivity contribution in [2.45, 2.75) is 309 Å². The van der Waals surface area contributed by atoms with Gasteiger partial charge in [-0.2, -0.15) is 20.4 Å². The molecule has 0 saturated heterocycles. The zero-order chi connectivity index (χ0) is 102. The second-order valence-electron chi connectivity index (χ2n) is 39.2. The summed E-state index contributed by atoms with van der Waals surface area (Å²) in [5, 5.41) is 29.5. The molecule has 5 heterocycles. The van der Waals surface area contributed by atoms with Gasteiger partial charge in [0.15, 0.2) is 28.6 Å². The molecule has 13 unspecified atom stereocenters. The first kappa shape index (κ1) is 111. The van der Waals surface area contributed by atoms with Crippen LogP contribution in [0.1, 0.15) is 380 Å². The van der Waals surface area contributed by atoms with Gasteiger partial charge in [-0.15, -0.1) is 0 Å². The standard InChI is InChI=1S/C33H29F3N4O3.C17H24N2O4.C13H16N2O4.C11H14N2O2.C10H14O3.C7H10O.C6H11BrO2.C5H8O3.H4N2.H2O/c1-17(41)30-29-20-4-5-21(12-20)32(29)40(39-30)16-25(42)13-22(9-18-10-23(34)15-24(35)11-18)31-26(3-2-8-38-31)19-6-7-28(36)27(14-19)33(37)43;1-5-22-16(21)14-13-10-6-7-11(8-10)15(13)19(18-14)9-12(20)23-17(2,3)4;1-2-19-13(18)11-10-7-3-4-8(5-7)12(10)15(14-11)6-9(16)17;1-2-15-11(14)10-8-6-3-4-7(5-6)9(8)12-13-10;1-2-13-10(12)8-6-3-4-7(5-6)9(8)11;8-7-4-5-1-2-6(7)3-5;1-6(2,3)9-5(8)4-7;1-3-8-5(7)4(2)6;1-2;/h2-3,6-8,10-11,14-15,20-22H,4-5,9,12-13,16H2,1H3,(H2,37,43);10-11H,5-9H2,1-4H3;7-8H,2-6H2,1H3,(H,16,17);6-7H,2-5H2,1H3,(H,12,13);6-8H,2-5H2,1H3;5-6H,1-4H2;4H2,1-3H3;3H2,1-2H3;1-2H2;1H2/t20?,21?,22-;;;;;;;;;/m1........./s1. The van der Waals surface area contributed by atoms with Crippen molar-refractivity contribution < 1.29 is 124 Å². The number of aliphatic carboxylic acids is 1. The predicted molar refractivity (Wildman–Crippen MR) is 510 cm³/mol. The number of hydrogen-bond acceptors (Lipinski definition) is 28. The van der Waals surface area contributed by atoms with Crippen molar-refractivity contribution in [2.75, 3.05) is 38.4 Å². The van der Waals surface area contributed by atoms with Gasteiger partial charge in [0.1, 0.15) is 70.3 Å². The van der Waals surface area contributed by atoms with Gasteiger partial charge in [0.05, 0.1) is 50.8 Å². The number of nitrogens with zero attached hydrogens (tertiary/aromatic N) is 8. The molecule has 8 saturated carbocycles. The number of alkyl halides is 1. The van der Waals surface area contributed by atoms with Gasteiger partial charge in [0.25, 0.3) is 5.91 Å². The number of aromatic amines is 1. The minimum absolute atomic E-state index is 0. The maximum absolute atomic E-state index is 14.3. The van der Waals surface area contributed by atoms with Gasteiger partial charge in [-0.25, -0.2) is 32.3 Å². The van der Waals surface area contributed by atoms with E-state index in [1.165, 1.54) is 93.2 Å². The van der Waals surface area contributed by atoms with E-state index in [1.54, 1.807) is 49.2 Å². The summed E-state index contributed by atoms with van der Waals surface area (Å²) in [6.07, 6.45) is 22.1. The zero-order valence-electron chi connectivity index (χ0n) is 82.3. The molecule has 141 heavy (non-hydrogen) atoms. The van der Waals surface area contributed by atoms with Crippen molar-refractivity contribution in [3.63, 3.8) is 0 Å². The summed E-state index contributed by atoms with van der Waals surface area (Å²) in [4.78, 5) is 166. The summed E-state index contributed by atoms with van der Waals surface area (Å²) in [6, 6.07) is 10.5. The number of carboxylic acids is 1. The number of ether oxygens (including phenoxy) is 7. The number of primary amides is 1. The number of fused-ring (bicyclic) bond motifs is 24. The summed E-state index contributed by atoms with van der Waals surface area (Å²) in [7, 11) is 0. The zero-order valence-corrected chi connectivity index (χ0v) is 83.9. The highest BCUT2D eigenvalue weighted by molar-refractivity contribution is 9.09. The van der Waals surface area contributed by atoms with Crippen LogP contribution in [0.15, 0.2) is 54.7 Å². The second-order valence-corrected chi connectivity index (χ2v) is 39.8. The van der Waals surface area contributed by atoms with Crippen LogP contribution in [0.25, 0.3) is 11.1 Å². The number of aromatic nitrogens is 9. The maximum atomic E-state index is 14.3. The largest absolute Gasteiger partial charge is 0.480 e. The molecule has 0 spiro atoms. The van der Waals surface area contributed by atoms with Crippen LogP contribution in [-0.2, 0) is 102 Å². The number of carbonyl (C=O) groups excluding carboxylic acids is 13. The number of nitrogens with one attached hydrogen (secondary N) is 1. The van der Waals surface area contributed by atoms with E-state index >= 15 is 0 Å². The number of benzene rings is 2. The number of Topliss-reactive ketones (excluding diaryl/α,β-unsaturated/α-hetero) is 5. The summed E-state index contributed by atoms with van der Waals surface area (Å²) >= 11 is 2.99. The number of halogens is 4. The molecule has 0 radical (unpaired) electrons. The van der Waals surface area contributed by atoms with Gasteiger partial charge >= 0.3 is 47.8 Å². The number of rotatable bonds is 25. The Hall–Kier alpha value is -11.8. The van der Waals surface area contributed by atoms with Gasteiger partial charge in [-0.1, -0.05) is 28.1 Å². The maximum Gasteiger partial charge on any atom is 0.374 e. The van der Waals surface area contributed by atoms with E-state index < -0.39 is 64.5 Å². The number of H-pyrrole nitrogens is 1. The van der Waals surface area contributed by atoms with Crippen molar-refractivity contribution in [1.29, 1.82) is 0 Å². The van der Waals surface area contributed by atoms with E-state index in [9.17, 15) is 80.3 Å². The molecule has 2 aromatic carbocycles. The Labute approximate surface area is 825 Å². The highest BCUT2D eigenvalue weighted by atomic mass is 79.9. The molecule has 14 atom stereocenters. The van der Waals surface area contributed by atoms with E-state index in [2.05, 4.69) is 62.8 Å². The third-order valence-electron chi connectivity index (χ3n) is 27.3. The topological polar surface area (TPSA) is 528 Å². The molecule has 5 aromatic heterocycles. The molecule has 8 fully saturated rings. The monoisotopic (exact) mass is 2030 g/mol. The molecular formula is C102H132BrF3N12O23. The summed E-state index contributed by atoms with van der Waals surface area (Å²) in [6.45, 7) is 23.9. The van der Waals surface area contributed by atoms with E-state index in [1.807, 2.05) is 48.5 Å². The molecule has 19 rings (SSSR count). The summed E-state index contributed by atoms with van der Waals surface area (Å²) in [5.74, 6) is 4.85. The highest BCUT2D eigenvalue weighted by Crippen LogP contribution is 2.58. The minimum Gasteiger partial charge on any atom is -0.480 e. The number of pyridine rings is 1. The quantitative estimate of drug-likeness (QED) is 0.00518. The molecule has 766 valence electrons. The Morgan fingerprint density at radius 1 is 0.539 bits per heavy atom. The van der Waals surface area contributed by atoms with E-state index in [-0.39, 0.29) is 132 Å². The molecule has 12 bridgehead atoms. The van der Waals surface area contributed by atoms with Gasteiger partial charge in [0, 0.05) is 131 Å². The lowest BCUT2D eigenvalue weighted by Crippen LogP contribution is -2.31. The van der Waals surface area contributed by atoms with Crippen LogP contribution in [0.5, 0.6) is 0 Å². The van der Waals surface area contributed by atoms with Crippen molar-refractivity contribution in [3.05, 3.63) is 157 Å². The number of ketones is 5. The molecule has 12 aliphatic carbocycles. The fourth-order valence-electron chi connectivity index (χ4n) is 22.2. The molecule has 7 aromatic rings. The third-order valence-corrected chi connectivity index (χ3v) is 27.8. The molecule has 39 heteroatoms. The minimum atomic E-state index is -0.941. The average Bonchev–Trinajstić information content (AvgIpc) is 1.58.